The summed E-state index contributed by atoms with van der Waals surface area (Å²) in [5.41, 5.74) is 2.15. The Balaban J connectivity index is 1.63. The molecule has 25 heavy (non-hydrogen) atoms. The Kier molecular flexibility index (Phi) is 4.58. The molecule has 1 fully saturated rings. The standard InChI is InChI=1S/C16H22N6O3/c1-11-12(8-19(2)17-11)9-21-4-6-22(7-5-21)15(23)13-10-20(3)18-14(13)16(24)25/h8,10H,4-7,9H2,1-3H3,(H,24,25). The maximum atomic E-state index is 12.6. The number of carbonyl (C=O) groups excluding carboxylic acids is 1. The van der Waals surface area contributed by atoms with E-state index >= 15 is 0 Å². The van der Waals surface area contributed by atoms with Crippen LogP contribution in [0.1, 0.15) is 32.1 Å². The number of amides is 1. The Bertz CT molecular complexity index is 801. The molecule has 1 amide bonds. The van der Waals surface area contributed by atoms with Gasteiger partial charge in [-0.05, 0) is 6.92 Å². The summed E-state index contributed by atoms with van der Waals surface area (Å²) < 4.78 is 3.17. The molecule has 0 radical (unpaired) electrons. The highest BCUT2D eigenvalue weighted by Crippen LogP contribution is 2.15. The number of hydrogen-bond acceptors (Lipinski definition) is 5. The Morgan fingerprint density at radius 3 is 2.28 bits per heavy atom. The van der Waals surface area contributed by atoms with Gasteiger partial charge in [0.1, 0.15) is 0 Å². The first-order valence-corrected chi connectivity index (χ1v) is 8.13. The van der Waals surface area contributed by atoms with E-state index in [1.54, 1.807) is 16.6 Å². The lowest BCUT2D eigenvalue weighted by molar-refractivity contribution is 0.0607. The van der Waals surface area contributed by atoms with Crippen LogP contribution in [0, 0.1) is 6.92 Å². The Labute approximate surface area is 145 Å². The van der Waals surface area contributed by atoms with E-state index in [0.717, 1.165) is 25.3 Å². The van der Waals surface area contributed by atoms with Crippen LogP contribution in [0.2, 0.25) is 0 Å². The smallest absolute Gasteiger partial charge is 0.357 e. The Hall–Kier alpha value is -2.68. The van der Waals surface area contributed by atoms with Crippen LogP contribution in [0.3, 0.4) is 0 Å². The van der Waals surface area contributed by atoms with Gasteiger partial charge in [0.15, 0.2) is 5.69 Å². The first-order valence-electron chi connectivity index (χ1n) is 8.13. The highest BCUT2D eigenvalue weighted by molar-refractivity contribution is 6.03. The predicted octanol–water partition coefficient (Wildman–Crippen LogP) is 0.118. The van der Waals surface area contributed by atoms with Crippen molar-refractivity contribution in [2.75, 3.05) is 26.2 Å². The largest absolute Gasteiger partial charge is 0.476 e. The van der Waals surface area contributed by atoms with E-state index in [1.807, 2.05) is 20.2 Å². The second kappa shape index (κ2) is 6.67. The third-order valence-electron chi connectivity index (χ3n) is 4.43. The van der Waals surface area contributed by atoms with E-state index in [4.69, 9.17) is 0 Å². The number of carboxylic acid groups (broad SMARTS) is 1. The van der Waals surface area contributed by atoms with Gasteiger partial charge >= 0.3 is 5.97 Å². The lowest BCUT2D eigenvalue weighted by Gasteiger charge is -2.34. The Morgan fingerprint density at radius 1 is 1.08 bits per heavy atom. The highest BCUT2D eigenvalue weighted by atomic mass is 16.4. The van der Waals surface area contributed by atoms with Gasteiger partial charge in [0.2, 0.25) is 0 Å². The van der Waals surface area contributed by atoms with E-state index in [0.29, 0.717) is 13.1 Å². The predicted molar refractivity (Wildman–Crippen MR) is 89.3 cm³/mol. The van der Waals surface area contributed by atoms with Crippen LogP contribution in [0.4, 0.5) is 0 Å². The number of aryl methyl sites for hydroxylation is 3. The number of carbonyl (C=O) groups is 2. The molecule has 134 valence electrons. The summed E-state index contributed by atoms with van der Waals surface area (Å²) >= 11 is 0. The number of piperazine rings is 1. The van der Waals surface area contributed by atoms with Crippen LogP contribution < -0.4 is 0 Å². The maximum Gasteiger partial charge on any atom is 0.357 e. The van der Waals surface area contributed by atoms with E-state index in [2.05, 4.69) is 15.1 Å². The van der Waals surface area contributed by atoms with Crippen molar-refractivity contribution in [1.29, 1.82) is 0 Å². The molecule has 1 N–H and O–H groups in total. The van der Waals surface area contributed by atoms with Gasteiger partial charge in [-0.15, -0.1) is 0 Å². The number of aromatic carboxylic acids is 1. The molecule has 0 bridgehead atoms. The first-order chi connectivity index (χ1) is 11.8. The second-order valence-corrected chi connectivity index (χ2v) is 6.35. The fourth-order valence-corrected chi connectivity index (χ4v) is 3.13. The average molecular weight is 346 g/mol. The molecular formula is C16H22N6O3. The lowest BCUT2D eigenvalue weighted by Crippen LogP contribution is -2.48. The SMILES string of the molecule is Cc1nn(C)cc1CN1CCN(C(=O)c2cn(C)nc2C(=O)O)CC1. The molecule has 0 saturated carbocycles. The number of carboxylic acids is 1. The van der Waals surface area contributed by atoms with Crippen molar-refractivity contribution in [3.8, 4) is 0 Å². The zero-order valence-corrected chi connectivity index (χ0v) is 14.6. The van der Waals surface area contributed by atoms with Gasteiger partial charge in [0.25, 0.3) is 5.91 Å². The molecule has 0 unspecified atom stereocenters. The second-order valence-electron chi connectivity index (χ2n) is 6.35. The molecule has 1 aliphatic heterocycles. The molecule has 1 aliphatic rings. The molecule has 0 aliphatic carbocycles. The number of aromatic nitrogens is 4. The molecular weight excluding hydrogens is 324 g/mol. The topological polar surface area (TPSA) is 96.5 Å². The molecule has 3 heterocycles. The van der Waals surface area contributed by atoms with Gasteiger partial charge in [-0.1, -0.05) is 0 Å². The van der Waals surface area contributed by atoms with Gasteiger partial charge in [-0.2, -0.15) is 10.2 Å². The van der Waals surface area contributed by atoms with E-state index in [1.165, 1.54) is 16.4 Å². The van der Waals surface area contributed by atoms with Crippen LogP contribution in [0.15, 0.2) is 12.4 Å². The molecule has 0 atom stereocenters. The van der Waals surface area contributed by atoms with Gasteiger partial charge in [0.05, 0.1) is 11.3 Å². The molecule has 9 heteroatoms. The summed E-state index contributed by atoms with van der Waals surface area (Å²) in [5, 5.41) is 17.4. The number of rotatable bonds is 4. The summed E-state index contributed by atoms with van der Waals surface area (Å²) in [6.45, 7) is 5.39. The quantitative estimate of drug-likeness (QED) is 0.845. The summed E-state index contributed by atoms with van der Waals surface area (Å²) in [5.74, 6) is -1.46. The van der Waals surface area contributed by atoms with E-state index in [-0.39, 0.29) is 17.2 Å². The molecule has 0 aromatic carbocycles. The van der Waals surface area contributed by atoms with Crippen LogP contribution in [-0.4, -0.2) is 72.5 Å². The zero-order chi connectivity index (χ0) is 18.1. The van der Waals surface area contributed by atoms with Crippen molar-refractivity contribution < 1.29 is 14.7 Å². The summed E-state index contributed by atoms with van der Waals surface area (Å²) in [4.78, 5) is 27.9. The zero-order valence-electron chi connectivity index (χ0n) is 14.6. The normalized spacial score (nSPS) is 15.6. The summed E-state index contributed by atoms with van der Waals surface area (Å²) in [6, 6.07) is 0. The molecule has 2 aromatic heterocycles. The average Bonchev–Trinajstić information content (AvgIpc) is 3.10. The minimum absolute atomic E-state index is 0.145. The fraction of sp³-hybridized carbons (Fsp3) is 0.500. The minimum atomic E-state index is -1.19. The molecule has 2 aromatic rings. The summed E-state index contributed by atoms with van der Waals surface area (Å²) in [7, 11) is 3.51. The van der Waals surface area contributed by atoms with Crippen LogP contribution in [0.25, 0.3) is 0 Å². The molecule has 3 rings (SSSR count). The lowest BCUT2D eigenvalue weighted by atomic mass is 10.2. The van der Waals surface area contributed by atoms with Crippen molar-refractivity contribution in [2.24, 2.45) is 14.1 Å². The molecule has 0 spiro atoms. The van der Waals surface area contributed by atoms with E-state index in [9.17, 15) is 14.7 Å². The van der Waals surface area contributed by atoms with Crippen LogP contribution in [0.5, 0.6) is 0 Å². The minimum Gasteiger partial charge on any atom is -0.476 e. The third kappa shape index (κ3) is 3.55. The fourth-order valence-electron chi connectivity index (χ4n) is 3.13. The van der Waals surface area contributed by atoms with Crippen LogP contribution >= 0.6 is 0 Å². The van der Waals surface area contributed by atoms with Gasteiger partial charge in [-0.25, -0.2) is 4.79 Å². The molecule has 9 nitrogen and oxygen atoms in total. The number of hydrogen-bond donors (Lipinski definition) is 1. The Morgan fingerprint density at radius 2 is 1.72 bits per heavy atom. The van der Waals surface area contributed by atoms with Crippen molar-refractivity contribution in [1.82, 2.24) is 29.4 Å². The van der Waals surface area contributed by atoms with Crippen molar-refractivity contribution in [3.63, 3.8) is 0 Å². The first kappa shape index (κ1) is 17.2. The monoisotopic (exact) mass is 346 g/mol. The third-order valence-corrected chi connectivity index (χ3v) is 4.43. The maximum absolute atomic E-state index is 12.6. The van der Waals surface area contributed by atoms with Gasteiger partial charge < -0.3 is 10.0 Å². The van der Waals surface area contributed by atoms with Gasteiger partial charge in [-0.3, -0.25) is 19.1 Å². The van der Waals surface area contributed by atoms with Crippen LogP contribution in [-0.2, 0) is 20.6 Å². The molecule has 1 saturated heterocycles. The highest BCUT2D eigenvalue weighted by Gasteiger charge is 2.28. The number of nitrogens with zero attached hydrogens (tertiary/aromatic N) is 6. The van der Waals surface area contributed by atoms with Crippen molar-refractivity contribution in [3.05, 3.63) is 34.9 Å². The van der Waals surface area contributed by atoms with Crippen molar-refractivity contribution >= 4 is 11.9 Å². The summed E-state index contributed by atoms with van der Waals surface area (Å²) in [6.07, 6.45) is 3.48. The van der Waals surface area contributed by atoms with E-state index < -0.39 is 5.97 Å². The van der Waals surface area contributed by atoms with Gasteiger partial charge in [0, 0.05) is 64.8 Å². The van der Waals surface area contributed by atoms with Crippen molar-refractivity contribution in [2.45, 2.75) is 13.5 Å².